The quantitative estimate of drug-likeness (QED) is 0.414. The van der Waals surface area contributed by atoms with Crippen LogP contribution in [-0.4, -0.2) is 39.5 Å². The van der Waals surface area contributed by atoms with E-state index in [0.29, 0.717) is 41.3 Å². The van der Waals surface area contributed by atoms with Gasteiger partial charge in [-0.05, 0) is 49.7 Å². The van der Waals surface area contributed by atoms with E-state index in [9.17, 15) is 9.59 Å². The van der Waals surface area contributed by atoms with Crippen LogP contribution >= 0.6 is 11.8 Å². The van der Waals surface area contributed by atoms with Crippen molar-refractivity contribution in [3.8, 4) is 5.75 Å². The zero-order valence-electron chi connectivity index (χ0n) is 16.1. The zero-order chi connectivity index (χ0) is 20.6. The molecule has 0 atom stereocenters. The Morgan fingerprint density at radius 3 is 2.69 bits per heavy atom. The van der Waals surface area contributed by atoms with Crippen molar-refractivity contribution in [1.82, 2.24) is 9.55 Å². The molecule has 0 aliphatic carbocycles. The van der Waals surface area contributed by atoms with Crippen LogP contribution in [-0.2, 0) is 11.3 Å². The number of fused-ring (bicyclic) bond motifs is 1. The minimum Gasteiger partial charge on any atom is -0.494 e. The molecular formula is C21H23N3O4S. The van der Waals surface area contributed by atoms with Gasteiger partial charge in [-0.1, -0.05) is 23.9 Å². The second-order valence-electron chi connectivity index (χ2n) is 6.24. The summed E-state index contributed by atoms with van der Waals surface area (Å²) in [5, 5.41) is 13.0. The first kappa shape index (κ1) is 20.9. The summed E-state index contributed by atoms with van der Waals surface area (Å²) < 4.78 is 6.91. The number of benzene rings is 2. The first-order chi connectivity index (χ1) is 14.1. The van der Waals surface area contributed by atoms with E-state index >= 15 is 0 Å². The number of ether oxygens (including phenoxy) is 1. The Labute approximate surface area is 172 Å². The highest BCUT2D eigenvalue weighted by Gasteiger charge is 2.13. The minimum absolute atomic E-state index is 0.0262. The standard InChI is InChI=1S/C21H23N3O4S/c1-2-28-16-10-8-15(9-11-16)22-19(26)14-29-21-23-18-7-4-3-6-17(18)20(27)24(21)12-5-13-25/h3-4,6-11,25H,2,5,12-14H2,1H3,(H,22,26). The number of thioether (sulfide) groups is 1. The summed E-state index contributed by atoms with van der Waals surface area (Å²) in [7, 11) is 0. The van der Waals surface area contributed by atoms with Gasteiger partial charge in [-0.15, -0.1) is 0 Å². The SMILES string of the molecule is CCOc1ccc(NC(=O)CSc2nc3ccccc3c(=O)n2CCCO)cc1. The molecule has 0 saturated heterocycles. The average Bonchev–Trinajstić information content (AvgIpc) is 2.73. The molecule has 1 heterocycles. The molecule has 3 aromatic rings. The Bertz CT molecular complexity index is 1030. The zero-order valence-corrected chi connectivity index (χ0v) is 16.9. The number of aliphatic hydroxyl groups is 1. The molecule has 0 radical (unpaired) electrons. The molecule has 0 bridgehead atoms. The van der Waals surface area contributed by atoms with Gasteiger partial charge in [-0.2, -0.15) is 0 Å². The van der Waals surface area contributed by atoms with Gasteiger partial charge in [-0.25, -0.2) is 4.98 Å². The summed E-state index contributed by atoms with van der Waals surface area (Å²) in [6, 6.07) is 14.3. The van der Waals surface area contributed by atoms with Crippen LogP contribution in [0.3, 0.4) is 0 Å². The van der Waals surface area contributed by atoms with Gasteiger partial charge < -0.3 is 15.2 Å². The number of carbonyl (C=O) groups is 1. The van der Waals surface area contributed by atoms with E-state index in [-0.39, 0.29) is 23.8 Å². The number of carbonyl (C=O) groups excluding carboxylic acids is 1. The molecule has 7 nitrogen and oxygen atoms in total. The molecule has 29 heavy (non-hydrogen) atoms. The maximum atomic E-state index is 12.8. The lowest BCUT2D eigenvalue weighted by molar-refractivity contribution is -0.113. The molecule has 0 spiro atoms. The van der Waals surface area contributed by atoms with Crippen molar-refractivity contribution in [2.24, 2.45) is 0 Å². The molecular weight excluding hydrogens is 390 g/mol. The highest BCUT2D eigenvalue weighted by molar-refractivity contribution is 7.99. The molecule has 3 rings (SSSR count). The Balaban J connectivity index is 1.73. The number of aromatic nitrogens is 2. The van der Waals surface area contributed by atoms with Crippen molar-refractivity contribution in [2.75, 3.05) is 24.3 Å². The van der Waals surface area contributed by atoms with Gasteiger partial charge in [0.25, 0.3) is 5.56 Å². The number of nitrogens with one attached hydrogen (secondary N) is 1. The third kappa shape index (κ3) is 5.36. The molecule has 2 aromatic carbocycles. The van der Waals surface area contributed by atoms with Crippen LogP contribution in [0.25, 0.3) is 10.9 Å². The maximum Gasteiger partial charge on any atom is 0.262 e. The Hall–Kier alpha value is -2.84. The van der Waals surface area contributed by atoms with E-state index in [1.807, 2.05) is 13.0 Å². The molecule has 1 amide bonds. The van der Waals surface area contributed by atoms with Crippen LogP contribution in [0.2, 0.25) is 0 Å². The number of hydrogen-bond acceptors (Lipinski definition) is 6. The van der Waals surface area contributed by atoms with Crippen LogP contribution in [0.1, 0.15) is 13.3 Å². The Morgan fingerprint density at radius 2 is 1.97 bits per heavy atom. The van der Waals surface area contributed by atoms with E-state index in [4.69, 9.17) is 9.84 Å². The first-order valence-corrected chi connectivity index (χ1v) is 10.4. The van der Waals surface area contributed by atoms with Gasteiger partial charge in [0.15, 0.2) is 5.16 Å². The van der Waals surface area contributed by atoms with E-state index in [0.717, 1.165) is 5.75 Å². The number of rotatable bonds is 9. The second-order valence-corrected chi connectivity index (χ2v) is 7.18. The average molecular weight is 413 g/mol. The van der Waals surface area contributed by atoms with E-state index in [1.165, 1.54) is 16.3 Å². The van der Waals surface area contributed by atoms with Gasteiger partial charge in [0.05, 0.1) is 23.3 Å². The van der Waals surface area contributed by atoms with Crippen molar-refractivity contribution in [3.63, 3.8) is 0 Å². The van der Waals surface area contributed by atoms with Crippen molar-refractivity contribution >= 4 is 34.3 Å². The third-order valence-electron chi connectivity index (χ3n) is 4.15. The van der Waals surface area contributed by atoms with Gasteiger partial charge in [0.2, 0.25) is 5.91 Å². The van der Waals surface area contributed by atoms with Crippen molar-refractivity contribution in [2.45, 2.75) is 25.0 Å². The molecule has 2 N–H and O–H groups in total. The third-order valence-corrected chi connectivity index (χ3v) is 5.12. The smallest absolute Gasteiger partial charge is 0.262 e. The van der Waals surface area contributed by atoms with Gasteiger partial charge in [-0.3, -0.25) is 14.2 Å². The fourth-order valence-electron chi connectivity index (χ4n) is 2.81. The molecule has 0 aliphatic heterocycles. The molecule has 0 unspecified atom stereocenters. The van der Waals surface area contributed by atoms with Gasteiger partial charge in [0.1, 0.15) is 5.75 Å². The number of nitrogens with zero attached hydrogens (tertiary/aromatic N) is 2. The summed E-state index contributed by atoms with van der Waals surface area (Å²) in [6.07, 6.45) is 0.436. The Morgan fingerprint density at radius 1 is 1.21 bits per heavy atom. The summed E-state index contributed by atoms with van der Waals surface area (Å²) in [5.74, 6) is 0.653. The monoisotopic (exact) mass is 413 g/mol. The number of amides is 1. The van der Waals surface area contributed by atoms with Crippen LogP contribution in [0.4, 0.5) is 5.69 Å². The minimum atomic E-state index is -0.199. The maximum absolute atomic E-state index is 12.8. The van der Waals surface area contributed by atoms with E-state index in [1.54, 1.807) is 42.5 Å². The summed E-state index contributed by atoms with van der Waals surface area (Å²) in [5.41, 5.74) is 1.09. The lowest BCUT2D eigenvalue weighted by atomic mass is 10.2. The van der Waals surface area contributed by atoms with Crippen molar-refractivity contribution in [3.05, 3.63) is 58.9 Å². The summed E-state index contributed by atoms with van der Waals surface area (Å²) in [6.45, 7) is 2.81. The molecule has 0 saturated carbocycles. The topological polar surface area (TPSA) is 93.5 Å². The van der Waals surface area contributed by atoms with Gasteiger partial charge >= 0.3 is 0 Å². The van der Waals surface area contributed by atoms with Crippen LogP contribution in [0.15, 0.2) is 58.5 Å². The second kappa shape index (κ2) is 10.1. The normalized spacial score (nSPS) is 10.8. The largest absolute Gasteiger partial charge is 0.494 e. The number of aliphatic hydroxyl groups excluding tert-OH is 1. The fraction of sp³-hybridized carbons (Fsp3) is 0.286. The van der Waals surface area contributed by atoms with Crippen LogP contribution in [0, 0.1) is 0 Å². The van der Waals surface area contributed by atoms with Crippen LogP contribution < -0.4 is 15.6 Å². The van der Waals surface area contributed by atoms with Crippen molar-refractivity contribution in [1.29, 1.82) is 0 Å². The Kier molecular flexibility index (Phi) is 7.26. The van der Waals surface area contributed by atoms with Crippen molar-refractivity contribution < 1.29 is 14.6 Å². The lowest BCUT2D eigenvalue weighted by Crippen LogP contribution is -2.24. The molecule has 8 heteroatoms. The fourth-order valence-corrected chi connectivity index (χ4v) is 3.64. The van der Waals surface area contributed by atoms with E-state index in [2.05, 4.69) is 10.3 Å². The lowest BCUT2D eigenvalue weighted by Gasteiger charge is -2.12. The van der Waals surface area contributed by atoms with Crippen LogP contribution in [0.5, 0.6) is 5.75 Å². The number of hydrogen-bond donors (Lipinski definition) is 2. The highest BCUT2D eigenvalue weighted by Crippen LogP contribution is 2.20. The predicted octanol–water partition coefficient (Wildman–Crippen LogP) is 2.91. The summed E-state index contributed by atoms with van der Waals surface area (Å²) in [4.78, 5) is 29.7. The van der Waals surface area contributed by atoms with E-state index < -0.39 is 0 Å². The number of anilines is 1. The number of para-hydroxylation sites is 1. The predicted molar refractivity (Wildman–Crippen MR) is 115 cm³/mol. The molecule has 0 fully saturated rings. The molecule has 152 valence electrons. The first-order valence-electron chi connectivity index (χ1n) is 9.38. The highest BCUT2D eigenvalue weighted by atomic mass is 32.2. The molecule has 0 aliphatic rings. The van der Waals surface area contributed by atoms with Gasteiger partial charge in [0, 0.05) is 18.8 Å². The molecule has 1 aromatic heterocycles. The summed E-state index contributed by atoms with van der Waals surface area (Å²) >= 11 is 1.20.